The molecule has 0 heterocycles. The van der Waals surface area contributed by atoms with Crippen LogP contribution < -0.4 is 0 Å². The molecule has 0 spiro atoms. The van der Waals surface area contributed by atoms with Crippen molar-refractivity contribution in [1.82, 2.24) is 0 Å². The maximum atomic E-state index is 10.1. The monoisotopic (exact) mass is 206 g/mol. The first-order valence-electron chi connectivity index (χ1n) is 3.90. The van der Waals surface area contributed by atoms with Crippen LogP contribution >= 0.6 is 21.6 Å². The molecular weight excluding hydrogens is 192 g/mol. The van der Waals surface area contributed by atoms with Crippen molar-refractivity contribution in [3.8, 4) is 0 Å². The Balaban J connectivity index is 3.38. The quantitative estimate of drug-likeness (QED) is 0.473. The van der Waals surface area contributed by atoms with Gasteiger partial charge < -0.3 is 9.59 Å². The third-order valence-corrected chi connectivity index (χ3v) is 4.70. The Hall–Kier alpha value is 0.0400. The minimum atomic E-state index is 0.349. The van der Waals surface area contributed by atoms with E-state index in [1.165, 1.54) is 0 Å². The molecule has 0 bridgehead atoms. The van der Waals surface area contributed by atoms with Crippen molar-refractivity contribution < 1.29 is 9.59 Å². The molecule has 0 aliphatic heterocycles. The Kier molecular flexibility index (Phi) is 7.70. The van der Waals surface area contributed by atoms with E-state index in [0.717, 1.165) is 12.6 Å². The molecule has 0 N–H and O–H groups in total. The maximum Gasteiger partial charge on any atom is 0.121 e. The van der Waals surface area contributed by atoms with E-state index >= 15 is 0 Å². The summed E-state index contributed by atoms with van der Waals surface area (Å²) < 4.78 is 0. The van der Waals surface area contributed by atoms with Crippen molar-refractivity contribution >= 4 is 34.2 Å². The average Bonchev–Trinajstić information content (AvgIpc) is 2.02. The molecule has 2 unspecified atom stereocenters. The standard InChI is InChI=1S/C8H14O2S2/c1-7(3-5-9)11-12-8(2)4-6-10/h5-8H,3-4H2,1-2H3. The van der Waals surface area contributed by atoms with E-state index in [-0.39, 0.29) is 0 Å². The SMILES string of the molecule is CC(CC=O)SSC(C)CC=O. The van der Waals surface area contributed by atoms with Crippen LogP contribution in [0, 0.1) is 0 Å². The van der Waals surface area contributed by atoms with E-state index < -0.39 is 0 Å². The van der Waals surface area contributed by atoms with Crippen molar-refractivity contribution in [2.24, 2.45) is 0 Å². The summed E-state index contributed by atoms with van der Waals surface area (Å²) in [6.45, 7) is 4.03. The highest BCUT2D eigenvalue weighted by Crippen LogP contribution is 2.32. The molecule has 0 aromatic rings. The Morgan fingerprint density at radius 2 is 1.33 bits per heavy atom. The first-order chi connectivity index (χ1) is 5.70. The van der Waals surface area contributed by atoms with Crippen molar-refractivity contribution in [2.45, 2.75) is 37.2 Å². The van der Waals surface area contributed by atoms with Crippen LogP contribution in [0.15, 0.2) is 0 Å². The van der Waals surface area contributed by atoms with Gasteiger partial charge in [0.05, 0.1) is 0 Å². The van der Waals surface area contributed by atoms with Gasteiger partial charge in [-0.05, 0) is 0 Å². The first kappa shape index (κ1) is 12.0. The molecule has 0 radical (unpaired) electrons. The highest BCUT2D eigenvalue weighted by molar-refractivity contribution is 8.77. The van der Waals surface area contributed by atoms with Gasteiger partial charge in [0.2, 0.25) is 0 Å². The molecule has 0 rings (SSSR count). The molecular formula is C8H14O2S2. The first-order valence-corrected chi connectivity index (χ1v) is 6.17. The van der Waals surface area contributed by atoms with E-state index in [4.69, 9.17) is 0 Å². The second kappa shape index (κ2) is 7.68. The van der Waals surface area contributed by atoms with Gasteiger partial charge in [0, 0.05) is 23.3 Å². The predicted octanol–water partition coefficient (Wildman–Crippen LogP) is 2.32. The molecule has 0 saturated carbocycles. The lowest BCUT2D eigenvalue weighted by molar-refractivity contribution is -0.108. The number of hydrogen-bond acceptors (Lipinski definition) is 4. The number of aldehydes is 2. The number of carbonyl (C=O) groups is 2. The van der Waals surface area contributed by atoms with Gasteiger partial charge in [-0.15, -0.1) is 0 Å². The second-order valence-electron chi connectivity index (χ2n) is 2.62. The van der Waals surface area contributed by atoms with Crippen LogP contribution in [0.3, 0.4) is 0 Å². The van der Waals surface area contributed by atoms with Gasteiger partial charge in [-0.2, -0.15) is 0 Å². The fourth-order valence-electron chi connectivity index (χ4n) is 0.539. The molecule has 0 amide bonds. The third kappa shape index (κ3) is 6.73. The van der Waals surface area contributed by atoms with Crippen LogP contribution in [-0.4, -0.2) is 23.1 Å². The van der Waals surface area contributed by atoms with Crippen LogP contribution in [0.2, 0.25) is 0 Å². The van der Waals surface area contributed by atoms with Gasteiger partial charge in [-0.1, -0.05) is 35.4 Å². The third-order valence-electron chi connectivity index (χ3n) is 1.24. The largest absolute Gasteiger partial charge is 0.303 e. The lowest BCUT2D eigenvalue weighted by Gasteiger charge is -2.09. The summed E-state index contributed by atoms with van der Waals surface area (Å²) in [5.41, 5.74) is 0. The zero-order chi connectivity index (χ0) is 9.40. The summed E-state index contributed by atoms with van der Waals surface area (Å²) in [6, 6.07) is 0. The van der Waals surface area contributed by atoms with Crippen molar-refractivity contribution in [3.05, 3.63) is 0 Å². The lowest BCUT2D eigenvalue weighted by atomic mass is 10.4. The van der Waals surface area contributed by atoms with Gasteiger partial charge >= 0.3 is 0 Å². The summed E-state index contributed by atoms with van der Waals surface area (Å²) in [7, 11) is 3.35. The molecule has 70 valence electrons. The Labute approximate surface area is 81.3 Å². The number of carbonyl (C=O) groups excluding carboxylic acids is 2. The summed E-state index contributed by atoms with van der Waals surface area (Å²) in [4.78, 5) is 20.2. The Bertz CT molecular complexity index is 123. The maximum absolute atomic E-state index is 10.1. The molecule has 0 aromatic heterocycles. The summed E-state index contributed by atoms with van der Waals surface area (Å²) in [6.07, 6.45) is 3.04. The van der Waals surface area contributed by atoms with Gasteiger partial charge in [-0.25, -0.2) is 0 Å². The smallest absolute Gasteiger partial charge is 0.121 e. The molecule has 12 heavy (non-hydrogen) atoms. The fourth-order valence-corrected chi connectivity index (χ4v) is 2.84. The molecule has 0 fully saturated rings. The number of hydrogen-bond donors (Lipinski definition) is 0. The predicted molar refractivity (Wildman–Crippen MR) is 55.5 cm³/mol. The van der Waals surface area contributed by atoms with Crippen LogP contribution in [0.5, 0.6) is 0 Å². The van der Waals surface area contributed by atoms with E-state index in [9.17, 15) is 9.59 Å². The topological polar surface area (TPSA) is 34.1 Å². The van der Waals surface area contributed by atoms with Gasteiger partial charge in [0.1, 0.15) is 12.6 Å². The summed E-state index contributed by atoms with van der Waals surface area (Å²) >= 11 is 0. The van der Waals surface area contributed by atoms with E-state index in [2.05, 4.69) is 0 Å². The number of rotatable bonds is 7. The minimum absolute atomic E-state index is 0.349. The second-order valence-corrected chi connectivity index (χ2v) is 5.77. The molecule has 0 aliphatic carbocycles. The molecule has 0 saturated heterocycles. The molecule has 4 heteroatoms. The summed E-state index contributed by atoms with van der Waals surface area (Å²) in [5.74, 6) is 0. The summed E-state index contributed by atoms with van der Waals surface area (Å²) in [5, 5.41) is 0.697. The van der Waals surface area contributed by atoms with Crippen molar-refractivity contribution in [2.75, 3.05) is 0 Å². The van der Waals surface area contributed by atoms with E-state index in [1.54, 1.807) is 21.6 Å². The zero-order valence-electron chi connectivity index (χ0n) is 7.36. The average molecular weight is 206 g/mol. The molecule has 2 atom stereocenters. The Morgan fingerprint density at radius 1 is 1.00 bits per heavy atom. The highest BCUT2D eigenvalue weighted by Gasteiger charge is 2.06. The zero-order valence-corrected chi connectivity index (χ0v) is 8.99. The lowest BCUT2D eigenvalue weighted by Crippen LogP contribution is -1.98. The molecule has 0 aliphatic rings. The molecule has 0 aromatic carbocycles. The van der Waals surface area contributed by atoms with Crippen LogP contribution in [-0.2, 0) is 9.59 Å². The van der Waals surface area contributed by atoms with Crippen molar-refractivity contribution in [3.63, 3.8) is 0 Å². The molecule has 2 nitrogen and oxygen atoms in total. The van der Waals surface area contributed by atoms with E-state index in [1.807, 2.05) is 13.8 Å². The minimum Gasteiger partial charge on any atom is -0.303 e. The van der Waals surface area contributed by atoms with Gasteiger partial charge in [-0.3, -0.25) is 0 Å². The van der Waals surface area contributed by atoms with Gasteiger partial charge in [0.25, 0.3) is 0 Å². The highest BCUT2D eigenvalue weighted by atomic mass is 33.1. The normalized spacial score (nSPS) is 15.2. The van der Waals surface area contributed by atoms with Gasteiger partial charge in [0.15, 0.2) is 0 Å². The van der Waals surface area contributed by atoms with Crippen molar-refractivity contribution in [1.29, 1.82) is 0 Å². The van der Waals surface area contributed by atoms with E-state index in [0.29, 0.717) is 23.3 Å². The van der Waals surface area contributed by atoms with Crippen LogP contribution in [0.25, 0.3) is 0 Å². The van der Waals surface area contributed by atoms with Crippen LogP contribution in [0.1, 0.15) is 26.7 Å². The van der Waals surface area contributed by atoms with Crippen LogP contribution in [0.4, 0.5) is 0 Å². The Morgan fingerprint density at radius 3 is 1.58 bits per heavy atom. The fraction of sp³-hybridized carbons (Fsp3) is 0.750.